The molecule has 3 aromatic rings. The number of fused-ring (bicyclic) bond motifs is 1. The van der Waals surface area contributed by atoms with Crippen molar-refractivity contribution in [3.63, 3.8) is 0 Å². The van der Waals surface area contributed by atoms with E-state index in [2.05, 4.69) is 20.6 Å². The molecule has 0 unspecified atom stereocenters. The molecule has 2 aromatic heterocycles. The second-order valence-electron chi connectivity index (χ2n) is 5.04. The van der Waals surface area contributed by atoms with Crippen LogP contribution in [-0.2, 0) is 13.1 Å². The van der Waals surface area contributed by atoms with Crippen molar-refractivity contribution in [1.82, 2.24) is 20.6 Å². The lowest BCUT2D eigenvalue weighted by Crippen LogP contribution is -2.35. The number of H-pyrrole nitrogens is 1. The SMILES string of the molecule is N=C(NCc1cccc(N)c1)NCc1ccnc2[nH]ccc12. The highest BCUT2D eigenvalue weighted by Gasteiger charge is 2.03. The molecule has 0 bridgehead atoms. The van der Waals surface area contributed by atoms with Gasteiger partial charge >= 0.3 is 0 Å². The maximum absolute atomic E-state index is 7.94. The molecule has 0 aliphatic rings. The summed E-state index contributed by atoms with van der Waals surface area (Å²) in [5.41, 5.74) is 9.47. The number of pyridine rings is 1. The third kappa shape index (κ3) is 3.17. The minimum Gasteiger partial charge on any atom is -0.399 e. The molecule has 6 N–H and O–H groups in total. The van der Waals surface area contributed by atoms with Crippen LogP contribution in [0.15, 0.2) is 48.8 Å². The summed E-state index contributed by atoms with van der Waals surface area (Å²) >= 11 is 0. The molecule has 0 aliphatic heterocycles. The number of hydrogen-bond donors (Lipinski definition) is 5. The Labute approximate surface area is 128 Å². The van der Waals surface area contributed by atoms with E-state index in [0.29, 0.717) is 13.1 Å². The highest BCUT2D eigenvalue weighted by atomic mass is 15.1. The first-order chi connectivity index (χ1) is 10.7. The number of benzene rings is 1. The molecule has 0 saturated heterocycles. The zero-order chi connectivity index (χ0) is 15.4. The van der Waals surface area contributed by atoms with Crippen LogP contribution in [0.4, 0.5) is 5.69 Å². The number of nitrogen functional groups attached to an aromatic ring is 1. The topological polar surface area (TPSA) is 103 Å². The molecule has 3 rings (SSSR count). The summed E-state index contributed by atoms with van der Waals surface area (Å²) < 4.78 is 0. The van der Waals surface area contributed by atoms with Gasteiger partial charge in [-0.2, -0.15) is 0 Å². The summed E-state index contributed by atoms with van der Waals surface area (Å²) in [5.74, 6) is 0.280. The van der Waals surface area contributed by atoms with Crippen LogP contribution in [0.5, 0.6) is 0 Å². The quantitative estimate of drug-likeness (QED) is 0.288. The van der Waals surface area contributed by atoms with Crippen molar-refractivity contribution in [2.24, 2.45) is 0 Å². The van der Waals surface area contributed by atoms with E-state index in [4.69, 9.17) is 11.1 Å². The van der Waals surface area contributed by atoms with Crippen molar-refractivity contribution in [3.05, 3.63) is 59.9 Å². The fourth-order valence-electron chi connectivity index (χ4n) is 2.31. The van der Waals surface area contributed by atoms with E-state index >= 15 is 0 Å². The van der Waals surface area contributed by atoms with Crippen molar-refractivity contribution in [2.45, 2.75) is 13.1 Å². The first-order valence-corrected chi connectivity index (χ1v) is 7.04. The molecule has 2 heterocycles. The molecule has 1 aromatic carbocycles. The maximum Gasteiger partial charge on any atom is 0.188 e. The Morgan fingerprint density at radius 2 is 2.05 bits per heavy atom. The van der Waals surface area contributed by atoms with Crippen LogP contribution in [0, 0.1) is 5.41 Å². The minimum absolute atomic E-state index is 0.280. The van der Waals surface area contributed by atoms with Gasteiger partial charge in [0.05, 0.1) is 0 Å². The van der Waals surface area contributed by atoms with E-state index in [9.17, 15) is 0 Å². The predicted octanol–water partition coefficient (Wildman–Crippen LogP) is 1.96. The van der Waals surface area contributed by atoms with E-state index in [1.807, 2.05) is 42.6 Å². The number of nitrogens with zero attached hydrogens (tertiary/aromatic N) is 1. The Balaban J connectivity index is 1.55. The van der Waals surface area contributed by atoms with E-state index in [-0.39, 0.29) is 5.96 Å². The zero-order valence-electron chi connectivity index (χ0n) is 12.1. The molecule has 112 valence electrons. The summed E-state index contributed by atoms with van der Waals surface area (Å²) in [5, 5.41) is 15.1. The monoisotopic (exact) mass is 294 g/mol. The summed E-state index contributed by atoms with van der Waals surface area (Å²) in [6.45, 7) is 1.13. The van der Waals surface area contributed by atoms with Crippen LogP contribution in [-0.4, -0.2) is 15.9 Å². The average Bonchev–Trinajstić information content (AvgIpc) is 3.00. The fraction of sp³-hybridized carbons (Fsp3) is 0.125. The lowest BCUT2D eigenvalue weighted by Gasteiger charge is -2.11. The van der Waals surface area contributed by atoms with E-state index in [1.165, 1.54) is 0 Å². The number of aromatic nitrogens is 2. The third-order valence-electron chi connectivity index (χ3n) is 3.43. The van der Waals surface area contributed by atoms with Gasteiger partial charge in [0.15, 0.2) is 5.96 Å². The Morgan fingerprint density at radius 1 is 1.18 bits per heavy atom. The Morgan fingerprint density at radius 3 is 2.91 bits per heavy atom. The molecule has 0 fully saturated rings. The molecular weight excluding hydrogens is 276 g/mol. The van der Waals surface area contributed by atoms with Gasteiger partial charge in [-0.05, 0) is 35.4 Å². The molecule has 0 amide bonds. The number of hydrogen-bond acceptors (Lipinski definition) is 3. The normalized spacial score (nSPS) is 10.5. The van der Waals surface area contributed by atoms with Crippen molar-refractivity contribution in [1.29, 1.82) is 5.41 Å². The first-order valence-electron chi connectivity index (χ1n) is 7.04. The van der Waals surface area contributed by atoms with Crippen molar-refractivity contribution in [2.75, 3.05) is 5.73 Å². The molecule has 0 aliphatic carbocycles. The van der Waals surface area contributed by atoms with Gasteiger partial charge in [0.25, 0.3) is 0 Å². The maximum atomic E-state index is 7.94. The van der Waals surface area contributed by atoms with Gasteiger partial charge in [-0.25, -0.2) is 4.98 Å². The van der Waals surface area contributed by atoms with Crippen molar-refractivity contribution in [3.8, 4) is 0 Å². The number of aromatic amines is 1. The van der Waals surface area contributed by atoms with Crippen LogP contribution in [0.3, 0.4) is 0 Å². The first kappa shape index (κ1) is 13.9. The largest absolute Gasteiger partial charge is 0.399 e. The van der Waals surface area contributed by atoms with Gasteiger partial charge in [-0.3, -0.25) is 5.41 Å². The molecule has 0 atom stereocenters. The van der Waals surface area contributed by atoms with Crippen LogP contribution in [0.1, 0.15) is 11.1 Å². The Bertz CT molecular complexity index is 792. The molecule has 0 radical (unpaired) electrons. The fourth-order valence-corrected chi connectivity index (χ4v) is 2.31. The molecule has 0 spiro atoms. The van der Waals surface area contributed by atoms with Crippen LogP contribution in [0.25, 0.3) is 11.0 Å². The molecule has 6 heteroatoms. The number of nitrogens with two attached hydrogens (primary N) is 1. The lowest BCUT2D eigenvalue weighted by molar-refractivity contribution is 0.806. The third-order valence-corrected chi connectivity index (χ3v) is 3.43. The minimum atomic E-state index is 0.280. The second-order valence-corrected chi connectivity index (χ2v) is 5.04. The lowest BCUT2D eigenvalue weighted by atomic mass is 10.2. The molecular formula is C16H18N6. The highest BCUT2D eigenvalue weighted by Crippen LogP contribution is 2.14. The van der Waals surface area contributed by atoms with Crippen molar-refractivity contribution < 1.29 is 0 Å². The standard InChI is InChI=1S/C16H18N6/c17-13-3-1-2-11(8-13)9-21-16(18)22-10-12-4-6-19-15-14(12)5-7-20-15/h1-8H,9-10,17H2,(H,19,20)(H3,18,21,22). The van der Waals surface area contributed by atoms with E-state index in [1.54, 1.807) is 6.20 Å². The summed E-state index contributed by atoms with van der Waals surface area (Å²) in [6.07, 6.45) is 3.63. The van der Waals surface area contributed by atoms with Gasteiger partial charge in [0.1, 0.15) is 5.65 Å². The number of anilines is 1. The van der Waals surface area contributed by atoms with Crippen LogP contribution in [0.2, 0.25) is 0 Å². The summed E-state index contributed by atoms with van der Waals surface area (Å²) in [4.78, 5) is 7.33. The number of nitrogens with one attached hydrogen (secondary N) is 4. The Kier molecular flexibility index (Phi) is 3.91. The van der Waals surface area contributed by atoms with Gasteiger partial charge in [-0.15, -0.1) is 0 Å². The molecule has 0 saturated carbocycles. The van der Waals surface area contributed by atoms with E-state index < -0.39 is 0 Å². The number of guanidine groups is 1. The summed E-state index contributed by atoms with van der Waals surface area (Å²) in [6, 6.07) is 11.6. The summed E-state index contributed by atoms with van der Waals surface area (Å²) in [7, 11) is 0. The Hall–Kier alpha value is -3.02. The molecule has 22 heavy (non-hydrogen) atoms. The van der Waals surface area contributed by atoms with Gasteiger partial charge in [-0.1, -0.05) is 12.1 Å². The smallest absolute Gasteiger partial charge is 0.188 e. The molecule has 6 nitrogen and oxygen atoms in total. The van der Waals surface area contributed by atoms with Gasteiger partial charge in [0.2, 0.25) is 0 Å². The average molecular weight is 294 g/mol. The number of rotatable bonds is 4. The van der Waals surface area contributed by atoms with Crippen molar-refractivity contribution >= 4 is 22.7 Å². The predicted molar refractivity (Wildman–Crippen MR) is 88.4 cm³/mol. The second kappa shape index (κ2) is 6.17. The van der Waals surface area contributed by atoms with Gasteiger partial charge < -0.3 is 21.4 Å². The van der Waals surface area contributed by atoms with E-state index in [0.717, 1.165) is 27.8 Å². The van der Waals surface area contributed by atoms with Crippen LogP contribution < -0.4 is 16.4 Å². The highest BCUT2D eigenvalue weighted by molar-refractivity contribution is 5.81. The van der Waals surface area contributed by atoms with Gasteiger partial charge in [0, 0.05) is 36.6 Å². The van der Waals surface area contributed by atoms with Crippen LogP contribution >= 0.6 is 0 Å². The zero-order valence-corrected chi connectivity index (χ0v) is 12.1.